The maximum Gasteiger partial charge on any atom is 0.266 e. The Labute approximate surface area is 163 Å². The molecule has 0 aliphatic carbocycles. The summed E-state index contributed by atoms with van der Waals surface area (Å²) in [5.41, 5.74) is 1.13. The number of hydrogen-bond donors (Lipinski definition) is 1. The number of carbonyl (C=O) groups excluding carboxylic acids is 1. The second-order valence-corrected chi connectivity index (χ2v) is 5.95. The number of fused-ring (bicyclic) bond motifs is 1. The molecule has 1 N–H and O–H groups in total. The van der Waals surface area contributed by atoms with Crippen LogP contribution < -0.4 is 24.3 Å². The summed E-state index contributed by atoms with van der Waals surface area (Å²) in [6.45, 7) is 2.69. The van der Waals surface area contributed by atoms with Gasteiger partial charge in [-0.05, 0) is 42.3 Å². The summed E-state index contributed by atoms with van der Waals surface area (Å²) < 4.78 is 21.5. The Bertz CT molecular complexity index is 946. The maximum atomic E-state index is 12.5. The normalized spacial score (nSPS) is 12.2. The summed E-state index contributed by atoms with van der Waals surface area (Å²) >= 11 is 0. The van der Waals surface area contributed by atoms with Gasteiger partial charge >= 0.3 is 0 Å². The minimum absolute atomic E-state index is 0.0377. The zero-order chi connectivity index (χ0) is 19.9. The molecule has 1 heterocycles. The first-order valence-corrected chi connectivity index (χ1v) is 8.78. The van der Waals surface area contributed by atoms with E-state index >= 15 is 0 Å². The third-order valence-electron chi connectivity index (χ3n) is 3.96. The molecule has 0 saturated heterocycles. The van der Waals surface area contributed by atoms with Crippen LogP contribution in [0.2, 0.25) is 0 Å². The molecule has 7 nitrogen and oxygen atoms in total. The molecule has 7 heteroatoms. The molecule has 0 spiro atoms. The fourth-order valence-electron chi connectivity index (χ4n) is 2.60. The highest BCUT2D eigenvalue weighted by molar-refractivity contribution is 6.09. The summed E-state index contributed by atoms with van der Waals surface area (Å²) in [5, 5.41) is 12.1. The van der Waals surface area contributed by atoms with E-state index in [0.29, 0.717) is 40.9 Å². The van der Waals surface area contributed by atoms with Crippen molar-refractivity contribution < 1.29 is 23.7 Å². The molecule has 0 saturated carbocycles. The molecule has 0 atom stereocenters. The topological polar surface area (TPSA) is 89.8 Å². The average molecular weight is 380 g/mol. The smallest absolute Gasteiger partial charge is 0.266 e. The summed E-state index contributed by atoms with van der Waals surface area (Å²) in [6.07, 6.45) is 2.35. The predicted octanol–water partition coefficient (Wildman–Crippen LogP) is 3.76. The lowest BCUT2D eigenvalue weighted by Crippen LogP contribution is -2.13. The highest BCUT2D eigenvalue weighted by Crippen LogP contribution is 2.34. The van der Waals surface area contributed by atoms with E-state index in [1.165, 1.54) is 6.08 Å². The standard InChI is InChI=1S/C21H20N2O5/c1-3-8-26-19-10-14(4-6-17(19)25-2)9-15(12-22)21(24)23-16-5-7-18-20(11-16)28-13-27-18/h4-7,9-11H,3,8,13H2,1-2H3,(H,23,24). The highest BCUT2D eigenvalue weighted by atomic mass is 16.7. The Kier molecular flexibility index (Phi) is 6.02. The van der Waals surface area contributed by atoms with Crippen LogP contribution >= 0.6 is 0 Å². The Morgan fingerprint density at radius 2 is 2.04 bits per heavy atom. The monoisotopic (exact) mass is 380 g/mol. The number of methoxy groups -OCH3 is 1. The Morgan fingerprint density at radius 3 is 2.79 bits per heavy atom. The van der Waals surface area contributed by atoms with E-state index in [0.717, 1.165) is 6.42 Å². The van der Waals surface area contributed by atoms with Crippen LogP contribution in [-0.4, -0.2) is 26.4 Å². The fraction of sp³-hybridized carbons (Fsp3) is 0.238. The van der Waals surface area contributed by atoms with Gasteiger partial charge in [0.2, 0.25) is 6.79 Å². The van der Waals surface area contributed by atoms with Crippen molar-refractivity contribution in [3.8, 4) is 29.1 Å². The fourth-order valence-corrected chi connectivity index (χ4v) is 2.60. The van der Waals surface area contributed by atoms with Crippen molar-refractivity contribution in [1.29, 1.82) is 5.26 Å². The van der Waals surface area contributed by atoms with Gasteiger partial charge in [0.15, 0.2) is 23.0 Å². The number of carbonyl (C=O) groups is 1. The zero-order valence-corrected chi connectivity index (χ0v) is 15.7. The first-order chi connectivity index (χ1) is 13.6. The number of ether oxygens (including phenoxy) is 4. The van der Waals surface area contributed by atoms with E-state index in [2.05, 4.69) is 5.32 Å². The summed E-state index contributed by atoms with van der Waals surface area (Å²) in [7, 11) is 1.56. The van der Waals surface area contributed by atoms with Crippen molar-refractivity contribution in [2.45, 2.75) is 13.3 Å². The molecular formula is C21H20N2O5. The molecule has 1 aliphatic heterocycles. The van der Waals surface area contributed by atoms with E-state index in [9.17, 15) is 10.1 Å². The third kappa shape index (κ3) is 4.35. The van der Waals surface area contributed by atoms with Crippen molar-refractivity contribution in [2.75, 3.05) is 25.8 Å². The first-order valence-electron chi connectivity index (χ1n) is 8.78. The van der Waals surface area contributed by atoms with Crippen LogP contribution in [0.25, 0.3) is 6.08 Å². The van der Waals surface area contributed by atoms with Gasteiger partial charge in [0, 0.05) is 11.8 Å². The lowest BCUT2D eigenvalue weighted by molar-refractivity contribution is -0.112. The number of rotatable bonds is 7. The quantitative estimate of drug-likeness (QED) is 0.581. The maximum absolute atomic E-state index is 12.5. The van der Waals surface area contributed by atoms with Crippen LogP contribution in [0.3, 0.4) is 0 Å². The van der Waals surface area contributed by atoms with E-state index < -0.39 is 5.91 Å². The predicted molar refractivity (Wildman–Crippen MR) is 104 cm³/mol. The lowest BCUT2D eigenvalue weighted by atomic mass is 10.1. The minimum Gasteiger partial charge on any atom is -0.493 e. The van der Waals surface area contributed by atoms with E-state index in [1.807, 2.05) is 13.0 Å². The van der Waals surface area contributed by atoms with Gasteiger partial charge in [0.25, 0.3) is 5.91 Å². The SMILES string of the molecule is CCCOc1cc(C=C(C#N)C(=O)Nc2ccc3c(c2)OCO3)ccc1OC. The van der Waals surface area contributed by atoms with Gasteiger partial charge in [-0.2, -0.15) is 5.26 Å². The van der Waals surface area contributed by atoms with Crippen LogP contribution in [0.4, 0.5) is 5.69 Å². The van der Waals surface area contributed by atoms with Crippen molar-refractivity contribution >= 4 is 17.7 Å². The first kappa shape index (κ1) is 19.1. The van der Waals surface area contributed by atoms with Gasteiger partial charge in [-0.1, -0.05) is 13.0 Å². The van der Waals surface area contributed by atoms with Crippen LogP contribution in [0.15, 0.2) is 42.0 Å². The zero-order valence-electron chi connectivity index (χ0n) is 15.7. The van der Waals surface area contributed by atoms with Gasteiger partial charge in [-0.3, -0.25) is 4.79 Å². The molecule has 144 valence electrons. The largest absolute Gasteiger partial charge is 0.493 e. The Balaban J connectivity index is 1.79. The van der Waals surface area contributed by atoms with Crippen molar-refractivity contribution in [3.05, 3.63) is 47.5 Å². The molecule has 1 aliphatic rings. The molecular weight excluding hydrogens is 360 g/mol. The molecule has 2 aromatic rings. The van der Waals surface area contributed by atoms with Gasteiger partial charge in [0.1, 0.15) is 11.6 Å². The number of nitrogens with one attached hydrogen (secondary N) is 1. The summed E-state index contributed by atoms with van der Waals surface area (Å²) in [5.74, 6) is 1.80. The van der Waals surface area contributed by atoms with Crippen molar-refractivity contribution in [2.24, 2.45) is 0 Å². The second kappa shape index (κ2) is 8.82. The van der Waals surface area contributed by atoms with Gasteiger partial charge in [-0.15, -0.1) is 0 Å². The number of nitrogens with zero attached hydrogens (tertiary/aromatic N) is 1. The van der Waals surface area contributed by atoms with Crippen LogP contribution in [0.5, 0.6) is 23.0 Å². The van der Waals surface area contributed by atoms with E-state index in [1.54, 1.807) is 43.5 Å². The molecule has 0 bridgehead atoms. The van der Waals surface area contributed by atoms with E-state index in [-0.39, 0.29) is 12.4 Å². The highest BCUT2D eigenvalue weighted by Gasteiger charge is 2.16. The third-order valence-corrected chi connectivity index (χ3v) is 3.96. The Hall–Kier alpha value is -3.66. The molecule has 3 rings (SSSR count). The number of hydrogen-bond acceptors (Lipinski definition) is 6. The second-order valence-electron chi connectivity index (χ2n) is 5.95. The minimum atomic E-state index is -0.520. The number of anilines is 1. The summed E-state index contributed by atoms with van der Waals surface area (Å²) in [4.78, 5) is 12.5. The van der Waals surface area contributed by atoms with Gasteiger partial charge in [-0.25, -0.2) is 0 Å². The van der Waals surface area contributed by atoms with Gasteiger partial charge < -0.3 is 24.3 Å². The number of amides is 1. The number of nitriles is 1. The average Bonchev–Trinajstić information content (AvgIpc) is 3.18. The van der Waals surface area contributed by atoms with Crippen LogP contribution in [-0.2, 0) is 4.79 Å². The molecule has 0 fully saturated rings. The molecule has 0 aromatic heterocycles. The van der Waals surface area contributed by atoms with Crippen molar-refractivity contribution in [1.82, 2.24) is 0 Å². The molecule has 28 heavy (non-hydrogen) atoms. The number of benzene rings is 2. The Morgan fingerprint density at radius 1 is 1.21 bits per heavy atom. The van der Waals surface area contributed by atoms with Crippen LogP contribution in [0.1, 0.15) is 18.9 Å². The molecule has 0 radical (unpaired) electrons. The molecule has 2 aromatic carbocycles. The lowest BCUT2D eigenvalue weighted by Gasteiger charge is -2.11. The summed E-state index contributed by atoms with van der Waals surface area (Å²) in [6, 6.07) is 12.2. The van der Waals surface area contributed by atoms with Gasteiger partial charge in [0.05, 0.1) is 13.7 Å². The molecule has 0 unspecified atom stereocenters. The van der Waals surface area contributed by atoms with E-state index in [4.69, 9.17) is 18.9 Å². The van der Waals surface area contributed by atoms with Crippen LogP contribution in [0, 0.1) is 11.3 Å². The van der Waals surface area contributed by atoms with Crippen molar-refractivity contribution in [3.63, 3.8) is 0 Å². The molecule has 1 amide bonds.